The Kier molecular flexibility index (Phi) is 4.15. The molecule has 0 amide bonds. The summed E-state index contributed by atoms with van der Waals surface area (Å²) in [4.78, 5) is 10.3. The first-order valence-corrected chi connectivity index (χ1v) is 6.27. The van der Waals surface area contributed by atoms with Crippen LogP contribution in [-0.4, -0.2) is 23.7 Å². The van der Waals surface area contributed by atoms with Crippen molar-refractivity contribution in [1.29, 1.82) is 0 Å². The van der Waals surface area contributed by atoms with E-state index in [0.717, 1.165) is 19.4 Å². The van der Waals surface area contributed by atoms with Crippen LogP contribution in [0.2, 0.25) is 0 Å². The smallest absolute Gasteiger partial charge is 0.303 e. The maximum Gasteiger partial charge on any atom is 0.303 e. The molecule has 2 unspecified atom stereocenters. The second-order valence-corrected chi connectivity index (χ2v) is 4.66. The van der Waals surface area contributed by atoms with Gasteiger partial charge in [-0.25, -0.2) is 0 Å². The van der Waals surface area contributed by atoms with E-state index in [4.69, 9.17) is 5.11 Å². The molecule has 0 heterocycles. The first-order valence-electron chi connectivity index (χ1n) is 6.27. The van der Waals surface area contributed by atoms with Crippen molar-refractivity contribution < 1.29 is 9.90 Å². The number of rotatable bonds is 7. The number of benzene rings is 1. The zero-order chi connectivity index (χ0) is 12.1. The summed E-state index contributed by atoms with van der Waals surface area (Å²) in [6.45, 7) is 0.932. The fourth-order valence-electron chi connectivity index (χ4n) is 2.18. The molecule has 1 aliphatic carbocycles. The number of carboxylic acid groups (broad SMARTS) is 1. The van der Waals surface area contributed by atoms with Gasteiger partial charge in [0.05, 0.1) is 0 Å². The van der Waals surface area contributed by atoms with E-state index in [0.29, 0.717) is 12.0 Å². The molecular formula is C14H19NO2. The molecule has 0 spiro atoms. The number of aliphatic carboxylic acids is 1. The Hall–Kier alpha value is -1.35. The Morgan fingerprint density at radius 2 is 2.06 bits per heavy atom. The van der Waals surface area contributed by atoms with Crippen LogP contribution in [0, 0.1) is 0 Å². The third-order valence-corrected chi connectivity index (χ3v) is 3.24. The minimum absolute atomic E-state index is 0.286. The zero-order valence-electron chi connectivity index (χ0n) is 9.93. The zero-order valence-corrected chi connectivity index (χ0v) is 9.93. The summed E-state index contributed by atoms with van der Waals surface area (Å²) in [7, 11) is 0. The van der Waals surface area contributed by atoms with Gasteiger partial charge in [-0.3, -0.25) is 4.79 Å². The van der Waals surface area contributed by atoms with Crippen molar-refractivity contribution in [2.24, 2.45) is 0 Å². The van der Waals surface area contributed by atoms with E-state index in [1.54, 1.807) is 0 Å². The highest BCUT2D eigenvalue weighted by Crippen LogP contribution is 2.40. The Morgan fingerprint density at radius 3 is 2.76 bits per heavy atom. The van der Waals surface area contributed by atoms with Gasteiger partial charge in [0.15, 0.2) is 0 Å². The lowest BCUT2D eigenvalue weighted by Gasteiger charge is -2.03. The van der Waals surface area contributed by atoms with Crippen molar-refractivity contribution in [2.75, 3.05) is 6.54 Å². The molecule has 2 atom stereocenters. The Labute approximate surface area is 102 Å². The molecule has 0 radical (unpaired) electrons. The quantitative estimate of drug-likeness (QED) is 0.711. The molecular weight excluding hydrogens is 214 g/mol. The van der Waals surface area contributed by atoms with Gasteiger partial charge in [0.2, 0.25) is 0 Å². The average Bonchev–Trinajstić information content (AvgIpc) is 3.09. The van der Waals surface area contributed by atoms with E-state index in [1.165, 1.54) is 12.0 Å². The van der Waals surface area contributed by atoms with Crippen LogP contribution >= 0.6 is 0 Å². The van der Waals surface area contributed by atoms with Crippen molar-refractivity contribution in [2.45, 2.75) is 37.6 Å². The van der Waals surface area contributed by atoms with Crippen molar-refractivity contribution in [1.82, 2.24) is 5.32 Å². The molecule has 1 aromatic carbocycles. The second kappa shape index (κ2) is 5.82. The van der Waals surface area contributed by atoms with Crippen molar-refractivity contribution in [3.05, 3.63) is 35.9 Å². The number of carboxylic acids is 1. The fourth-order valence-corrected chi connectivity index (χ4v) is 2.18. The maximum absolute atomic E-state index is 10.3. The SMILES string of the molecule is O=C(O)CCCCNC1CC1c1ccccc1. The Bertz CT molecular complexity index is 364. The largest absolute Gasteiger partial charge is 0.481 e. The van der Waals surface area contributed by atoms with Crippen LogP contribution in [0.1, 0.15) is 37.2 Å². The van der Waals surface area contributed by atoms with E-state index in [-0.39, 0.29) is 6.42 Å². The van der Waals surface area contributed by atoms with Gasteiger partial charge in [0.25, 0.3) is 0 Å². The van der Waals surface area contributed by atoms with Crippen LogP contribution < -0.4 is 5.32 Å². The minimum atomic E-state index is -0.696. The number of unbranched alkanes of at least 4 members (excludes halogenated alkanes) is 1. The Morgan fingerprint density at radius 1 is 1.29 bits per heavy atom. The van der Waals surface area contributed by atoms with Crippen molar-refractivity contribution in [3.8, 4) is 0 Å². The third-order valence-electron chi connectivity index (χ3n) is 3.24. The topological polar surface area (TPSA) is 49.3 Å². The predicted molar refractivity (Wildman–Crippen MR) is 67.1 cm³/mol. The number of hydrogen-bond donors (Lipinski definition) is 2. The summed E-state index contributed by atoms with van der Waals surface area (Å²) < 4.78 is 0. The van der Waals surface area contributed by atoms with Gasteiger partial charge in [-0.1, -0.05) is 30.3 Å². The lowest BCUT2D eigenvalue weighted by atomic mass is 10.1. The lowest BCUT2D eigenvalue weighted by Crippen LogP contribution is -2.19. The van der Waals surface area contributed by atoms with Gasteiger partial charge in [-0.15, -0.1) is 0 Å². The summed E-state index contributed by atoms with van der Waals surface area (Å²) in [5.74, 6) is -0.0331. The van der Waals surface area contributed by atoms with Crippen LogP contribution in [0.15, 0.2) is 30.3 Å². The average molecular weight is 233 g/mol. The number of nitrogens with one attached hydrogen (secondary N) is 1. The fraction of sp³-hybridized carbons (Fsp3) is 0.500. The Balaban J connectivity index is 1.59. The molecule has 92 valence electrons. The molecule has 3 nitrogen and oxygen atoms in total. The molecule has 0 aliphatic heterocycles. The highest BCUT2D eigenvalue weighted by Gasteiger charge is 2.37. The molecule has 1 aromatic rings. The number of carbonyl (C=O) groups is 1. The molecule has 1 fully saturated rings. The molecule has 17 heavy (non-hydrogen) atoms. The highest BCUT2D eigenvalue weighted by atomic mass is 16.4. The first kappa shape index (κ1) is 12.1. The van der Waals surface area contributed by atoms with Crippen LogP contribution in [-0.2, 0) is 4.79 Å². The molecule has 2 rings (SSSR count). The van der Waals surface area contributed by atoms with Crippen LogP contribution in [0.3, 0.4) is 0 Å². The van der Waals surface area contributed by atoms with E-state index < -0.39 is 5.97 Å². The van der Waals surface area contributed by atoms with Crippen LogP contribution in [0.5, 0.6) is 0 Å². The monoisotopic (exact) mass is 233 g/mol. The standard InChI is InChI=1S/C14H19NO2/c16-14(17)8-4-5-9-15-13-10-12(13)11-6-2-1-3-7-11/h1-3,6-7,12-13,15H,4-5,8-10H2,(H,16,17). The van der Waals surface area contributed by atoms with Gasteiger partial charge in [-0.2, -0.15) is 0 Å². The molecule has 3 heteroatoms. The van der Waals surface area contributed by atoms with E-state index in [9.17, 15) is 4.79 Å². The van der Waals surface area contributed by atoms with Gasteiger partial charge in [0, 0.05) is 18.4 Å². The predicted octanol–water partition coefficient (Wildman–Crippen LogP) is 2.39. The highest BCUT2D eigenvalue weighted by molar-refractivity contribution is 5.66. The summed E-state index contributed by atoms with van der Waals surface area (Å²) >= 11 is 0. The summed E-state index contributed by atoms with van der Waals surface area (Å²) in [5, 5.41) is 12.0. The van der Waals surface area contributed by atoms with Crippen LogP contribution in [0.25, 0.3) is 0 Å². The lowest BCUT2D eigenvalue weighted by molar-refractivity contribution is -0.137. The summed E-state index contributed by atoms with van der Waals surface area (Å²) in [5.41, 5.74) is 1.41. The summed E-state index contributed by atoms with van der Waals surface area (Å²) in [6.07, 6.45) is 3.22. The first-order chi connectivity index (χ1) is 8.27. The van der Waals surface area contributed by atoms with Gasteiger partial charge >= 0.3 is 5.97 Å². The molecule has 1 saturated carbocycles. The normalized spacial score (nSPS) is 22.4. The third kappa shape index (κ3) is 3.86. The van der Waals surface area contributed by atoms with Crippen molar-refractivity contribution >= 4 is 5.97 Å². The second-order valence-electron chi connectivity index (χ2n) is 4.66. The van der Waals surface area contributed by atoms with Gasteiger partial charge < -0.3 is 10.4 Å². The maximum atomic E-state index is 10.3. The molecule has 0 aromatic heterocycles. The van der Waals surface area contributed by atoms with Gasteiger partial charge in [0.1, 0.15) is 0 Å². The molecule has 0 bridgehead atoms. The summed E-state index contributed by atoms with van der Waals surface area (Å²) in [6, 6.07) is 11.2. The van der Waals surface area contributed by atoms with E-state index >= 15 is 0 Å². The number of hydrogen-bond acceptors (Lipinski definition) is 2. The van der Waals surface area contributed by atoms with E-state index in [1.807, 2.05) is 6.07 Å². The van der Waals surface area contributed by atoms with Gasteiger partial charge in [-0.05, 0) is 31.4 Å². The molecule has 2 N–H and O–H groups in total. The minimum Gasteiger partial charge on any atom is -0.481 e. The molecule has 1 aliphatic rings. The van der Waals surface area contributed by atoms with Crippen molar-refractivity contribution in [3.63, 3.8) is 0 Å². The van der Waals surface area contributed by atoms with Crippen LogP contribution in [0.4, 0.5) is 0 Å². The van der Waals surface area contributed by atoms with E-state index in [2.05, 4.69) is 29.6 Å². The molecule has 0 saturated heterocycles.